The molecule has 0 radical (unpaired) electrons. The zero-order chi connectivity index (χ0) is 56.5. The van der Waals surface area contributed by atoms with Crippen molar-refractivity contribution in [1.29, 1.82) is 0 Å². The number of likely N-dealkylation sites (N-methyl/N-ethyl adjacent to an activating group) is 2. The third-order valence-corrected chi connectivity index (χ3v) is 15.6. The van der Waals surface area contributed by atoms with Crippen molar-refractivity contribution in [1.82, 2.24) is 52.3 Å². The summed E-state index contributed by atoms with van der Waals surface area (Å²) in [6, 6.07) is 7.67. The van der Waals surface area contributed by atoms with E-state index in [1.807, 2.05) is 80.5 Å². The maximum Gasteiger partial charge on any atom is 0.255 e. The van der Waals surface area contributed by atoms with Gasteiger partial charge >= 0.3 is 0 Å². The number of carbonyl (C=O) groups excluding carboxylic acids is 8. The van der Waals surface area contributed by atoms with Crippen LogP contribution < -0.4 is 42.5 Å². The Bertz CT molecular complexity index is 2620. The normalized spacial score (nSPS) is 22.1. The number of fused-ring (bicyclic) bond motifs is 1. The molecule has 0 bridgehead atoms. The first kappa shape index (κ1) is 59.6. The molecule has 8 N–H and O–H groups in total. The lowest BCUT2D eigenvalue weighted by Crippen LogP contribution is -2.60. The lowest BCUT2D eigenvalue weighted by Gasteiger charge is -2.36. The monoisotopic (exact) mass is 1060 g/mol. The van der Waals surface area contributed by atoms with Gasteiger partial charge in [0.25, 0.3) is 11.8 Å². The molecule has 9 atom stereocenters. The molecular weight excluding hydrogens is 977 g/mol. The molecule has 4 aliphatic rings. The number of rotatable bonds is 19. The topological polar surface area (TPSA) is 239 Å². The van der Waals surface area contributed by atoms with Crippen LogP contribution in [-0.4, -0.2) is 126 Å². The molecule has 1 fully saturated rings. The molecule has 2 aromatic rings. The van der Waals surface area contributed by atoms with E-state index in [1.54, 1.807) is 38.4 Å². The average molecular weight is 1060 g/mol. The molecule has 0 spiro atoms. The van der Waals surface area contributed by atoms with Gasteiger partial charge < -0.3 is 52.3 Å². The zero-order valence-corrected chi connectivity index (χ0v) is 47.1. The number of nitrogens with zero attached hydrogens (tertiary/aromatic N) is 2. The van der Waals surface area contributed by atoms with Crippen molar-refractivity contribution < 1.29 is 38.4 Å². The molecule has 0 aromatic heterocycles. The Morgan fingerprint density at radius 2 is 1.26 bits per heavy atom. The summed E-state index contributed by atoms with van der Waals surface area (Å²) < 4.78 is 0. The first-order valence-corrected chi connectivity index (χ1v) is 27.5. The van der Waals surface area contributed by atoms with Gasteiger partial charge in [0.2, 0.25) is 35.4 Å². The summed E-state index contributed by atoms with van der Waals surface area (Å²) >= 11 is 0. The van der Waals surface area contributed by atoms with Gasteiger partial charge in [0.05, 0.1) is 24.2 Å². The van der Waals surface area contributed by atoms with Gasteiger partial charge in [-0.2, -0.15) is 0 Å². The van der Waals surface area contributed by atoms with Gasteiger partial charge in [-0.25, -0.2) is 0 Å². The first-order chi connectivity index (χ1) is 36.4. The summed E-state index contributed by atoms with van der Waals surface area (Å²) in [6.07, 6.45) is 9.18. The largest absolute Gasteiger partial charge is 0.348 e. The minimum absolute atomic E-state index is 0.0195. The summed E-state index contributed by atoms with van der Waals surface area (Å²) in [5, 5.41) is 24.1. The van der Waals surface area contributed by atoms with Crippen LogP contribution in [0.5, 0.6) is 0 Å². The highest BCUT2D eigenvalue weighted by atomic mass is 16.2. The van der Waals surface area contributed by atoms with E-state index in [-0.39, 0.29) is 66.0 Å². The van der Waals surface area contributed by atoms with Crippen molar-refractivity contribution in [3.8, 4) is 0 Å². The van der Waals surface area contributed by atoms with Crippen LogP contribution >= 0.6 is 0 Å². The van der Waals surface area contributed by atoms with Crippen molar-refractivity contribution in [2.75, 3.05) is 20.6 Å². The highest BCUT2D eigenvalue weighted by molar-refractivity contribution is 6.01. The predicted molar refractivity (Wildman–Crippen MR) is 297 cm³/mol. The lowest BCUT2D eigenvalue weighted by atomic mass is 9.85. The smallest absolute Gasteiger partial charge is 0.255 e. The van der Waals surface area contributed by atoms with Crippen LogP contribution in [0.2, 0.25) is 0 Å². The van der Waals surface area contributed by atoms with Crippen LogP contribution in [0.15, 0.2) is 84.2 Å². The van der Waals surface area contributed by atoms with Crippen molar-refractivity contribution in [2.24, 2.45) is 10.8 Å². The van der Waals surface area contributed by atoms with Crippen LogP contribution in [0.1, 0.15) is 158 Å². The molecule has 0 saturated carbocycles. The Morgan fingerprint density at radius 1 is 0.701 bits per heavy atom. The second-order valence-corrected chi connectivity index (χ2v) is 23.2. The molecule has 2 unspecified atom stereocenters. The summed E-state index contributed by atoms with van der Waals surface area (Å²) in [5.74, 6) is -3.59. The van der Waals surface area contributed by atoms with Crippen LogP contribution in [0.4, 0.5) is 0 Å². The Hall–Kier alpha value is -6.66. The summed E-state index contributed by atoms with van der Waals surface area (Å²) in [6.45, 7) is 20.7. The number of allylic oxidation sites excluding steroid dienone is 2. The van der Waals surface area contributed by atoms with E-state index in [0.717, 1.165) is 54.4 Å². The van der Waals surface area contributed by atoms with Gasteiger partial charge in [-0.15, -0.1) is 0 Å². The predicted octanol–water partition coefficient (Wildman–Crippen LogP) is 4.98. The molecule has 2 aliphatic heterocycles. The molecular formula is C59H84N10O8. The van der Waals surface area contributed by atoms with Crippen molar-refractivity contribution in [3.63, 3.8) is 0 Å². The zero-order valence-electron chi connectivity index (χ0n) is 47.1. The number of amides is 8. The summed E-state index contributed by atoms with van der Waals surface area (Å²) in [5.41, 5.74) is 3.25. The van der Waals surface area contributed by atoms with Crippen molar-refractivity contribution >= 4 is 47.3 Å². The highest BCUT2D eigenvalue weighted by Crippen LogP contribution is 2.33. The van der Waals surface area contributed by atoms with Crippen molar-refractivity contribution in [2.45, 2.75) is 181 Å². The van der Waals surface area contributed by atoms with E-state index >= 15 is 0 Å². The first-order valence-electron chi connectivity index (χ1n) is 27.5. The molecule has 418 valence electrons. The number of likely N-dealkylation sites (tertiary alicyclic amines) is 1. The fourth-order valence-corrected chi connectivity index (χ4v) is 11.0. The standard InChI is InChI=1S/C59H84N10O8/c1-13-35-22-19-27-44(34(35)4)64-54(74)46-30-39(32-68(46)56(76)48(58(5,6)7)66-52(72)42(14-2)60-11)62-50(70)37-24-18-25-38(29-37)51(71)63-40-31-47(55(75)65-45-28-20-23-36-21-16-17-26-41(36)45)69(33-40)57(77)49(59(8,9)10)67-53(73)43(15-3)61-12/h13,16-18,21,24-26,29,32,40,42-49,60-61H,1,14-15,19-20,22-23,27-28,30-31,33H2,2-12H3,(H,62,70)(H,63,71)(H,64,74)(H,65,75)(H,66,72)(H,67,73)/t40-,42-,43-,44?,45+,46-,47?,48+,49+/m0/s1. The molecule has 18 heteroatoms. The molecule has 6 rings (SSSR count). The number of hydrogen-bond acceptors (Lipinski definition) is 10. The van der Waals surface area contributed by atoms with E-state index in [2.05, 4.69) is 55.2 Å². The Morgan fingerprint density at radius 3 is 1.86 bits per heavy atom. The molecule has 77 heavy (non-hydrogen) atoms. The second kappa shape index (κ2) is 25.7. The number of aryl methyl sites for hydroxylation is 1. The van der Waals surface area contributed by atoms with Crippen LogP contribution in [0.25, 0.3) is 0 Å². The molecule has 8 amide bonds. The van der Waals surface area contributed by atoms with Crippen LogP contribution in [0.3, 0.4) is 0 Å². The summed E-state index contributed by atoms with van der Waals surface area (Å²) in [7, 11) is 3.35. The number of benzene rings is 2. The second-order valence-electron chi connectivity index (χ2n) is 23.2. The van der Waals surface area contributed by atoms with Gasteiger partial charge in [-0.1, -0.05) is 98.4 Å². The van der Waals surface area contributed by atoms with E-state index in [1.165, 1.54) is 22.1 Å². The molecule has 18 nitrogen and oxygen atoms in total. The third-order valence-electron chi connectivity index (χ3n) is 15.6. The maximum absolute atomic E-state index is 14.8. The molecule has 2 heterocycles. The molecule has 1 saturated heterocycles. The van der Waals surface area contributed by atoms with E-state index < -0.39 is 82.7 Å². The minimum Gasteiger partial charge on any atom is -0.348 e. The van der Waals surface area contributed by atoms with Crippen molar-refractivity contribution in [3.05, 3.63) is 106 Å². The van der Waals surface area contributed by atoms with Gasteiger partial charge in [0, 0.05) is 42.0 Å². The summed E-state index contributed by atoms with van der Waals surface area (Å²) in [4.78, 5) is 116. The quantitative estimate of drug-likeness (QED) is 0.0939. The SMILES string of the molecule is C=CC1=C(C)C(NC(=O)[C@@H]2CC(NC(=O)c3cccc(C(=O)N[C@H]4CC(C(=O)N[C@@H]5CCCc6ccccc65)N(C(=O)[C@@H](NC(=O)[C@H](CC)NC)C(C)(C)C)C4)c3)=CN2C(=O)[C@@H](NC(=O)[C@H](CC)NC)C(C)(C)C)CCC1. The van der Waals surface area contributed by atoms with E-state index in [0.29, 0.717) is 19.3 Å². The van der Waals surface area contributed by atoms with Crippen LogP contribution in [0, 0.1) is 10.8 Å². The Balaban J connectivity index is 1.23. The van der Waals surface area contributed by atoms with Gasteiger partial charge in [-0.3, -0.25) is 38.4 Å². The van der Waals surface area contributed by atoms with E-state index in [4.69, 9.17) is 0 Å². The highest BCUT2D eigenvalue weighted by Gasteiger charge is 2.47. The average Bonchev–Trinajstić information content (AvgIpc) is 4.04. The number of hydrogen-bond donors (Lipinski definition) is 8. The maximum atomic E-state index is 14.8. The fraction of sp³-hybridized carbons (Fsp3) is 0.559. The van der Waals surface area contributed by atoms with Gasteiger partial charge in [0.1, 0.15) is 24.2 Å². The fourth-order valence-electron chi connectivity index (χ4n) is 11.0. The molecule has 2 aromatic carbocycles. The van der Waals surface area contributed by atoms with Gasteiger partial charge in [-0.05, 0) is 130 Å². The Labute approximate surface area is 455 Å². The Kier molecular flexibility index (Phi) is 19.9. The number of carbonyl (C=O) groups is 8. The van der Waals surface area contributed by atoms with Gasteiger partial charge in [0.15, 0.2) is 0 Å². The van der Waals surface area contributed by atoms with Crippen LogP contribution in [-0.2, 0) is 35.2 Å². The molecule has 2 aliphatic carbocycles. The van der Waals surface area contributed by atoms with E-state index in [9.17, 15) is 38.4 Å². The lowest BCUT2D eigenvalue weighted by molar-refractivity contribution is -0.144. The minimum atomic E-state index is -1.07. The number of nitrogens with one attached hydrogen (secondary N) is 8. The third kappa shape index (κ3) is 14.3.